The maximum absolute atomic E-state index is 12.1. The molecule has 4 heteroatoms. The number of fused-ring (bicyclic) bond motifs is 2. The summed E-state index contributed by atoms with van der Waals surface area (Å²) in [7, 11) is 0. The van der Waals surface area contributed by atoms with Gasteiger partial charge in [-0.25, -0.2) is 0 Å². The van der Waals surface area contributed by atoms with Crippen LogP contribution < -0.4 is 0 Å². The molecule has 0 unspecified atom stereocenters. The summed E-state index contributed by atoms with van der Waals surface area (Å²) in [6.45, 7) is 8.93. The standard InChI is InChI=1S/C14H20O4/c1-8-10-6-7-14(17-10,9(2)11(8)15)18-12(16)13(3,4)5/h6-10H,1-5H3/t8-,9-,10+,14+/m0/s1. The van der Waals surface area contributed by atoms with Crippen LogP contribution in [0.5, 0.6) is 0 Å². The molecular formula is C14H20O4. The fourth-order valence-corrected chi connectivity index (χ4v) is 2.23. The lowest BCUT2D eigenvalue weighted by Gasteiger charge is -2.40. The summed E-state index contributed by atoms with van der Waals surface area (Å²) in [6, 6.07) is 0. The molecular weight excluding hydrogens is 232 g/mol. The van der Waals surface area contributed by atoms with Crippen molar-refractivity contribution in [3.63, 3.8) is 0 Å². The molecule has 18 heavy (non-hydrogen) atoms. The average molecular weight is 252 g/mol. The van der Waals surface area contributed by atoms with Crippen LogP contribution in [0.3, 0.4) is 0 Å². The Bertz CT molecular complexity index is 418. The van der Waals surface area contributed by atoms with Crippen LogP contribution in [0.15, 0.2) is 12.2 Å². The van der Waals surface area contributed by atoms with Crippen molar-refractivity contribution in [1.82, 2.24) is 0 Å². The van der Waals surface area contributed by atoms with Gasteiger partial charge in [0.05, 0.1) is 17.4 Å². The molecule has 2 aliphatic rings. The lowest BCUT2D eigenvalue weighted by Crippen LogP contribution is -2.53. The number of carbonyl (C=O) groups is 2. The van der Waals surface area contributed by atoms with Crippen LogP contribution in [0.2, 0.25) is 0 Å². The Balaban J connectivity index is 2.25. The SMILES string of the molecule is C[C@@H]1C(=O)[C@H](C)[C@]2(OC(=O)C(C)(C)C)C=C[C@H]1O2. The van der Waals surface area contributed by atoms with Crippen molar-refractivity contribution in [1.29, 1.82) is 0 Å². The molecule has 0 radical (unpaired) electrons. The Labute approximate surface area is 107 Å². The summed E-state index contributed by atoms with van der Waals surface area (Å²) in [6.07, 6.45) is 3.26. The first kappa shape index (κ1) is 13.3. The Morgan fingerprint density at radius 1 is 1.39 bits per heavy atom. The van der Waals surface area contributed by atoms with Gasteiger partial charge in [-0.15, -0.1) is 0 Å². The van der Waals surface area contributed by atoms with Crippen LogP contribution in [-0.2, 0) is 19.1 Å². The fraction of sp³-hybridized carbons (Fsp3) is 0.714. The molecule has 0 N–H and O–H groups in total. The number of hydrogen-bond donors (Lipinski definition) is 0. The van der Waals surface area contributed by atoms with E-state index in [1.807, 2.05) is 13.0 Å². The van der Waals surface area contributed by atoms with Gasteiger partial charge in [0.1, 0.15) is 5.78 Å². The number of Topliss-reactive ketones (excluding diaryl/α,β-unsaturated/α-hetero) is 1. The van der Waals surface area contributed by atoms with Crippen molar-refractivity contribution in [2.24, 2.45) is 17.3 Å². The van der Waals surface area contributed by atoms with E-state index in [0.717, 1.165) is 0 Å². The van der Waals surface area contributed by atoms with Gasteiger partial charge >= 0.3 is 5.97 Å². The fourth-order valence-electron chi connectivity index (χ4n) is 2.23. The number of ether oxygens (including phenoxy) is 2. The van der Waals surface area contributed by atoms with Crippen LogP contribution >= 0.6 is 0 Å². The molecule has 0 spiro atoms. The highest BCUT2D eigenvalue weighted by molar-refractivity contribution is 5.87. The van der Waals surface area contributed by atoms with E-state index >= 15 is 0 Å². The van der Waals surface area contributed by atoms with Crippen molar-refractivity contribution < 1.29 is 19.1 Å². The minimum absolute atomic E-state index is 0.0814. The van der Waals surface area contributed by atoms with Crippen molar-refractivity contribution in [3.05, 3.63) is 12.2 Å². The Morgan fingerprint density at radius 3 is 2.56 bits per heavy atom. The minimum atomic E-state index is -1.20. The molecule has 1 saturated heterocycles. The summed E-state index contributed by atoms with van der Waals surface area (Å²) < 4.78 is 11.3. The summed E-state index contributed by atoms with van der Waals surface area (Å²) in [5, 5.41) is 0. The molecule has 0 aromatic heterocycles. The average Bonchev–Trinajstić information content (AvgIpc) is 2.66. The molecule has 2 rings (SSSR count). The van der Waals surface area contributed by atoms with Gasteiger partial charge < -0.3 is 9.47 Å². The number of hydrogen-bond acceptors (Lipinski definition) is 4. The summed E-state index contributed by atoms with van der Waals surface area (Å²) in [4.78, 5) is 24.1. The van der Waals surface area contributed by atoms with Gasteiger partial charge in [-0.05, 0) is 33.8 Å². The van der Waals surface area contributed by atoms with Crippen molar-refractivity contribution >= 4 is 11.8 Å². The Morgan fingerprint density at radius 2 is 2.00 bits per heavy atom. The number of carbonyl (C=O) groups excluding carboxylic acids is 2. The number of rotatable bonds is 1. The van der Waals surface area contributed by atoms with Gasteiger partial charge in [-0.3, -0.25) is 9.59 Å². The van der Waals surface area contributed by atoms with E-state index in [9.17, 15) is 9.59 Å². The Hall–Kier alpha value is -1.16. The van der Waals surface area contributed by atoms with Crippen molar-refractivity contribution in [2.75, 3.05) is 0 Å². The van der Waals surface area contributed by atoms with E-state index in [4.69, 9.17) is 9.47 Å². The first-order chi connectivity index (χ1) is 8.17. The van der Waals surface area contributed by atoms with E-state index in [0.29, 0.717) is 0 Å². The van der Waals surface area contributed by atoms with E-state index in [-0.39, 0.29) is 23.8 Å². The van der Waals surface area contributed by atoms with Gasteiger partial charge in [0.25, 0.3) is 0 Å². The van der Waals surface area contributed by atoms with E-state index < -0.39 is 17.1 Å². The van der Waals surface area contributed by atoms with Crippen LogP contribution in [0.1, 0.15) is 34.6 Å². The third-order valence-corrected chi connectivity index (χ3v) is 3.67. The lowest BCUT2D eigenvalue weighted by molar-refractivity contribution is -0.250. The molecule has 0 aromatic rings. The molecule has 0 aromatic carbocycles. The zero-order chi connectivity index (χ0) is 13.7. The van der Waals surface area contributed by atoms with E-state index in [1.54, 1.807) is 33.8 Å². The third-order valence-electron chi connectivity index (χ3n) is 3.67. The van der Waals surface area contributed by atoms with Crippen LogP contribution in [-0.4, -0.2) is 23.6 Å². The smallest absolute Gasteiger partial charge is 0.313 e. The highest BCUT2D eigenvalue weighted by atomic mass is 16.7. The normalized spacial score (nSPS) is 38.9. The van der Waals surface area contributed by atoms with Crippen molar-refractivity contribution in [2.45, 2.75) is 46.5 Å². The quantitative estimate of drug-likeness (QED) is 0.529. The Kier molecular flexibility index (Phi) is 2.89. The number of ketones is 1. The maximum atomic E-state index is 12.1. The predicted molar refractivity (Wildman–Crippen MR) is 65.6 cm³/mol. The van der Waals surface area contributed by atoms with Gasteiger partial charge in [0.15, 0.2) is 0 Å². The monoisotopic (exact) mass is 252 g/mol. The molecule has 2 aliphatic heterocycles. The second kappa shape index (κ2) is 3.92. The molecule has 4 nitrogen and oxygen atoms in total. The largest absolute Gasteiger partial charge is 0.428 e. The summed E-state index contributed by atoms with van der Waals surface area (Å²) in [5.41, 5.74) is -0.615. The van der Waals surface area contributed by atoms with Gasteiger partial charge in [0.2, 0.25) is 5.79 Å². The first-order valence-electron chi connectivity index (χ1n) is 6.32. The van der Waals surface area contributed by atoms with Gasteiger partial charge in [-0.1, -0.05) is 13.0 Å². The maximum Gasteiger partial charge on any atom is 0.313 e. The van der Waals surface area contributed by atoms with Crippen molar-refractivity contribution in [3.8, 4) is 0 Å². The lowest BCUT2D eigenvalue weighted by atomic mass is 9.85. The summed E-state index contributed by atoms with van der Waals surface area (Å²) in [5.74, 6) is -2.12. The molecule has 100 valence electrons. The highest BCUT2D eigenvalue weighted by Crippen LogP contribution is 2.42. The van der Waals surface area contributed by atoms with Gasteiger partial charge in [-0.2, -0.15) is 0 Å². The predicted octanol–water partition coefficient (Wildman–Crippen LogP) is 2.08. The second-order valence-corrected chi connectivity index (χ2v) is 6.22. The molecule has 0 saturated carbocycles. The van der Waals surface area contributed by atoms with Crippen LogP contribution in [0.25, 0.3) is 0 Å². The first-order valence-corrected chi connectivity index (χ1v) is 6.32. The van der Waals surface area contributed by atoms with Crippen LogP contribution in [0.4, 0.5) is 0 Å². The molecule has 1 fully saturated rings. The third kappa shape index (κ3) is 1.88. The minimum Gasteiger partial charge on any atom is -0.428 e. The van der Waals surface area contributed by atoms with Crippen LogP contribution in [0, 0.1) is 17.3 Å². The molecule has 2 heterocycles. The van der Waals surface area contributed by atoms with E-state index in [2.05, 4.69) is 0 Å². The molecule has 0 aliphatic carbocycles. The molecule has 2 bridgehead atoms. The topological polar surface area (TPSA) is 52.6 Å². The zero-order valence-electron chi connectivity index (χ0n) is 11.5. The van der Waals surface area contributed by atoms with Gasteiger partial charge in [0, 0.05) is 5.92 Å². The molecule has 0 amide bonds. The molecule has 4 atom stereocenters. The zero-order valence-corrected chi connectivity index (χ0v) is 11.5. The van der Waals surface area contributed by atoms with E-state index in [1.165, 1.54) is 0 Å². The highest BCUT2D eigenvalue weighted by Gasteiger charge is 2.55. The summed E-state index contributed by atoms with van der Waals surface area (Å²) >= 11 is 0. The number of esters is 1. The second-order valence-electron chi connectivity index (χ2n) is 6.22.